The second kappa shape index (κ2) is 8.51. The van der Waals surface area contributed by atoms with Crippen LogP contribution in [0.5, 0.6) is 0 Å². The van der Waals surface area contributed by atoms with Gasteiger partial charge in [0.2, 0.25) is 5.91 Å². The van der Waals surface area contributed by atoms with Crippen molar-refractivity contribution in [2.24, 2.45) is 0 Å². The van der Waals surface area contributed by atoms with Crippen LogP contribution in [0, 0.1) is 0 Å². The summed E-state index contributed by atoms with van der Waals surface area (Å²) in [6.07, 6.45) is 4.57. The summed E-state index contributed by atoms with van der Waals surface area (Å²) in [5.41, 5.74) is 4.27. The monoisotopic (exact) mass is 422 g/mol. The molecule has 6 heteroatoms. The first kappa shape index (κ1) is 19.8. The van der Waals surface area contributed by atoms with Crippen molar-refractivity contribution in [1.29, 1.82) is 0 Å². The van der Waals surface area contributed by atoms with Gasteiger partial charge in [0.05, 0.1) is 23.7 Å². The van der Waals surface area contributed by atoms with E-state index in [1.165, 1.54) is 0 Å². The third kappa shape index (κ3) is 4.03. The summed E-state index contributed by atoms with van der Waals surface area (Å²) in [5.74, 6) is -0.126. The molecule has 6 nitrogen and oxygen atoms in total. The number of anilines is 1. The first-order valence-corrected chi connectivity index (χ1v) is 10.6. The van der Waals surface area contributed by atoms with Gasteiger partial charge in [-0.05, 0) is 41.8 Å². The summed E-state index contributed by atoms with van der Waals surface area (Å²) in [6.45, 7) is 0.522. The molecular formula is C26H22N4O2. The number of aromatic amines is 1. The van der Waals surface area contributed by atoms with E-state index in [2.05, 4.69) is 21.4 Å². The van der Waals surface area contributed by atoms with Crippen molar-refractivity contribution in [3.8, 4) is 0 Å². The number of carbonyl (C=O) groups is 1. The minimum absolute atomic E-state index is 0.117. The molecule has 0 bridgehead atoms. The molecule has 1 amide bonds. The average Bonchev–Trinajstić information content (AvgIpc) is 3.23. The van der Waals surface area contributed by atoms with Crippen molar-refractivity contribution in [2.75, 3.05) is 5.32 Å². The van der Waals surface area contributed by atoms with Crippen molar-refractivity contribution in [3.05, 3.63) is 107 Å². The number of aromatic nitrogens is 3. The normalized spacial score (nSPS) is 11.1. The number of aryl methyl sites for hydroxylation is 2. The van der Waals surface area contributed by atoms with E-state index in [1.54, 1.807) is 29.1 Å². The van der Waals surface area contributed by atoms with Crippen LogP contribution in [0.3, 0.4) is 0 Å². The van der Waals surface area contributed by atoms with Gasteiger partial charge in [-0.25, -0.2) is 4.98 Å². The zero-order valence-corrected chi connectivity index (χ0v) is 17.4. The number of H-pyrrole nitrogens is 1. The van der Waals surface area contributed by atoms with Crippen molar-refractivity contribution in [2.45, 2.75) is 19.4 Å². The predicted octanol–water partition coefficient (Wildman–Crippen LogP) is 4.30. The van der Waals surface area contributed by atoms with Crippen molar-refractivity contribution >= 4 is 33.4 Å². The fourth-order valence-electron chi connectivity index (χ4n) is 3.96. The van der Waals surface area contributed by atoms with Gasteiger partial charge >= 0.3 is 0 Å². The molecule has 2 aromatic heterocycles. The van der Waals surface area contributed by atoms with Gasteiger partial charge in [0, 0.05) is 29.3 Å². The van der Waals surface area contributed by atoms with Crippen LogP contribution in [0.1, 0.15) is 11.1 Å². The number of para-hydroxylation sites is 1. The highest BCUT2D eigenvalue weighted by atomic mass is 16.1. The molecule has 5 rings (SSSR count). The maximum Gasteiger partial charge on any atom is 0.261 e. The molecule has 0 radical (unpaired) electrons. The van der Waals surface area contributed by atoms with Gasteiger partial charge in [0.1, 0.15) is 0 Å². The van der Waals surface area contributed by atoms with Crippen LogP contribution in [0.2, 0.25) is 0 Å². The molecule has 2 N–H and O–H groups in total. The van der Waals surface area contributed by atoms with Crippen LogP contribution in [0.4, 0.5) is 5.69 Å². The van der Waals surface area contributed by atoms with E-state index in [1.807, 2.05) is 54.7 Å². The molecule has 32 heavy (non-hydrogen) atoms. The van der Waals surface area contributed by atoms with Crippen LogP contribution in [-0.4, -0.2) is 20.4 Å². The molecule has 3 aromatic carbocycles. The Morgan fingerprint density at radius 1 is 0.969 bits per heavy atom. The molecule has 2 heterocycles. The van der Waals surface area contributed by atoms with Crippen molar-refractivity contribution < 1.29 is 4.79 Å². The van der Waals surface area contributed by atoms with Crippen LogP contribution in [-0.2, 0) is 24.2 Å². The number of nitrogens with zero attached hydrogens (tertiary/aromatic N) is 2. The SMILES string of the molecule is O=C(Cc1ccccc1)Nc1ccc2ncn(CCc3c[nH]c4ccccc34)c(=O)c2c1. The van der Waals surface area contributed by atoms with Gasteiger partial charge in [-0.15, -0.1) is 0 Å². The van der Waals surface area contributed by atoms with Crippen LogP contribution in [0.15, 0.2) is 90.1 Å². The second-order valence-corrected chi connectivity index (χ2v) is 7.80. The zero-order chi connectivity index (χ0) is 21.9. The summed E-state index contributed by atoms with van der Waals surface area (Å²) >= 11 is 0. The van der Waals surface area contributed by atoms with Gasteiger partial charge < -0.3 is 10.3 Å². The molecule has 0 saturated heterocycles. The van der Waals surface area contributed by atoms with E-state index < -0.39 is 0 Å². The zero-order valence-electron chi connectivity index (χ0n) is 17.4. The summed E-state index contributed by atoms with van der Waals surface area (Å²) in [7, 11) is 0. The van der Waals surface area contributed by atoms with Crippen molar-refractivity contribution in [1.82, 2.24) is 14.5 Å². The number of amides is 1. The fraction of sp³-hybridized carbons (Fsp3) is 0.115. The number of nitrogens with one attached hydrogen (secondary N) is 2. The molecule has 0 saturated carbocycles. The Kier molecular flexibility index (Phi) is 5.25. The second-order valence-electron chi connectivity index (χ2n) is 7.80. The van der Waals surface area contributed by atoms with E-state index in [0.717, 1.165) is 22.0 Å². The van der Waals surface area contributed by atoms with Gasteiger partial charge in [-0.2, -0.15) is 0 Å². The molecule has 158 valence electrons. The van der Waals surface area contributed by atoms with Crippen molar-refractivity contribution in [3.63, 3.8) is 0 Å². The third-order valence-corrected chi connectivity index (χ3v) is 5.61. The lowest BCUT2D eigenvalue weighted by atomic mass is 10.1. The molecular weight excluding hydrogens is 400 g/mol. The predicted molar refractivity (Wildman–Crippen MR) is 127 cm³/mol. The van der Waals surface area contributed by atoms with Gasteiger partial charge in [0.15, 0.2) is 0 Å². The summed E-state index contributed by atoms with van der Waals surface area (Å²) < 4.78 is 1.62. The highest BCUT2D eigenvalue weighted by molar-refractivity contribution is 5.94. The highest BCUT2D eigenvalue weighted by Crippen LogP contribution is 2.19. The smallest absolute Gasteiger partial charge is 0.261 e. The Morgan fingerprint density at radius 3 is 2.66 bits per heavy atom. The van der Waals surface area contributed by atoms with Gasteiger partial charge in [-0.1, -0.05) is 48.5 Å². The Hall–Kier alpha value is -4.19. The van der Waals surface area contributed by atoms with Crippen LogP contribution in [0.25, 0.3) is 21.8 Å². The molecule has 0 atom stereocenters. The largest absolute Gasteiger partial charge is 0.361 e. The van der Waals surface area contributed by atoms with E-state index in [0.29, 0.717) is 29.6 Å². The lowest BCUT2D eigenvalue weighted by Gasteiger charge is -2.09. The molecule has 0 fully saturated rings. The minimum Gasteiger partial charge on any atom is -0.361 e. The number of carbonyl (C=O) groups excluding carboxylic acids is 1. The van der Waals surface area contributed by atoms with E-state index in [9.17, 15) is 9.59 Å². The van der Waals surface area contributed by atoms with Crippen LogP contribution >= 0.6 is 0 Å². The van der Waals surface area contributed by atoms with Crippen LogP contribution < -0.4 is 10.9 Å². The highest BCUT2D eigenvalue weighted by Gasteiger charge is 2.09. The fourth-order valence-corrected chi connectivity index (χ4v) is 3.96. The lowest BCUT2D eigenvalue weighted by molar-refractivity contribution is -0.115. The molecule has 0 aliphatic heterocycles. The van der Waals surface area contributed by atoms with E-state index in [-0.39, 0.29) is 17.9 Å². The first-order chi connectivity index (χ1) is 15.7. The number of hydrogen-bond donors (Lipinski definition) is 2. The summed E-state index contributed by atoms with van der Waals surface area (Å²) in [4.78, 5) is 33.2. The quantitative estimate of drug-likeness (QED) is 0.428. The molecule has 0 aliphatic rings. The summed E-state index contributed by atoms with van der Waals surface area (Å²) in [6, 6.07) is 22.9. The average molecular weight is 422 g/mol. The maximum atomic E-state index is 13.1. The Labute approximate surface area is 184 Å². The Morgan fingerprint density at radius 2 is 1.78 bits per heavy atom. The standard InChI is InChI=1S/C26H22N4O2/c31-25(14-18-6-2-1-3-7-18)29-20-10-11-24-22(15-20)26(32)30(17-28-24)13-12-19-16-27-23-9-5-4-8-21(19)23/h1-11,15-17,27H,12-14H2,(H,29,31). The van der Waals surface area contributed by atoms with Gasteiger partial charge in [-0.3, -0.25) is 14.2 Å². The molecule has 0 aliphatic carbocycles. The topological polar surface area (TPSA) is 79.8 Å². The summed E-state index contributed by atoms with van der Waals surface area (Å²) in [5, 5.41) is 4.54. The minimum atomic E-state index is -0.126. The molecule has 0 spiro atoms. The molecule has 0 unspecified atom stereocenters. The number of benzene rings is 3. The van der Waals surface area contributed by atoms with E-state index >= 15 is 0 Å². The van der Waals surface area contributed by atoms with Gasteiger partial charge in [0.25, 0.3) is 5.56 Å². The lowest BCUT2D eigenvalue weighted by Crippen LogP contribution is -2.22. The number of fused-ring (bicyclic) bond motifs is 2. The Bertz CT molecular complexity index is 1470. The maximum absolute atomic E-state index is 13.1. The Balaban J connectivity index is 1.35. The van der Waals surface area contributed by atoms with E-state index in [4.69, 9.17) is 0 Å². The first-order valence-electron chi connectivity index (χ1n) is 10.6. The number of rotatable bonds is 6. The molecule has 5 aromatic rings. The number of hydrogen-bond acceptors (Lipinski definition) is 3. The third-order valence-electron chi connectivity index (χ3n) is 5.61.